The Morgan fingerprint density at radius 2 is 1.64 bits per heavy atom. The molecule has 0 saturated carbocycles. The quantitative estimate of drug-likeness (QED) is 0.633. The van der Waals surface area contributed by atoms with Gasteiger partial charge in [-0.25, -0.2) is 9.79 Å². The molecule has 0 atom stereocenters. The molecule has 0 aliphatic carbocycles. The van der Waals surface area contributed by atoms with Gasteiger partial charge in [-0.2, -0.15) is 0 Å². The molecule has 0 saturated heterocycles. The number of carbonyl (C=O) groups excluding carboxylic acids is 1. The Balaban J connectivity index is 1.93. The summed E-state index contributed by atoms with van der Waals surface area (Å²) in [6.07, 6.45) is 1.48. The van der Waals surface area contributed by atoms with Gasteiger partial charge in [0, 0.05) is 5.56 Å². The fourth-order valence-electron chi connectivity index (χ4n) is 2.45. The summed E-state index contributed by atoms with van der Waals surface area (Å²) in [5.74, 6) is 0.0336. The van der Waals surface area contributed by atoms with E-state index in [4.69, 9.17) is 4.74 Å². The molecule has 2 aromatic carbocycles. The van der Waals surface area contributed by atoms with Crippen molar-refractivity contribution in [3.63, 3.8) is 0 Å². The number of ether oxygens (including phenoxy) is 1. The molecule has 2 aromatic rings. The number of aliphatic imine (C=N–C) groups is 1. The maximum atomic E-state index is 12.2. The first-order chi connectivity index (χ1) is 10.8. The summed E-state index contributed by atoms with van der Waals surface area (Å²) in [7, 11) is 0. The van der Waals surface area contributed by atoms with Crippen molar-refractivity contribution in [2.45, 2.75) is 19.8 Å². The fraction of sp³-hybridized carbons (Fsp3) is 0.158. The summed E-state index contributed by atoms with van der Waals surface area (Å²) in [4.78, 5) is 16.6. The minimum Gasteiger partial charge on any atom is -0.402 e. The minimum absolute atomic E-state index is 0.355. The molecule has 0 N–H and O–H groups in total. The second kappa shape index (κ2) is 6.39. The molecule has 1 heterocycles. The van der Waals surface area contributed by atoms with E-state index in [0.717, 1.165) is 17.6 Å². The van der Waals surface area contributed by atoms with Crippen LogP contribution in [0.5, 0.6) is 0 Å². The number of hydrogen-bond acceptors (Lipinski definition) is 3. The van der Waals surface area contributed by atoms with E-state index in [9.17, 15) is 4.79 Å². The van der Waals surface area contributed by atoms with Gasteiger partial charge in [-0.1, -0.05) is 55.5 Å². The third-order valence-corrected chi connectivity index (χ3v) is 3.64. The van der Waals surface area contributed by atoms with E-state index in [2.05, 4.69) is 17.1 Å². The Morgan fingerprint density at radius 3 is 2.27 bits per heavy atom. The second-order valence-corrected chi connectivity index (χ2v) is 5.14. The molecule has 3 rings (SSSR count). The van der Waals surface area contributed by atoms with E-state index in [1.807, 2.05) is 55.5 Å². The first kappa shape index (κ1) is 14.3. The molecular formula is C19H17NO2. The number of cyclic esters (lactones) is 1. The maximum Gasteiger partial charge on any atom is 0.363 e. The first-order valence-corrected chi connectivity index (χ1v) is 7.40. The van der Waals surface area contributed by atoms with Gasteiger partial charge >= 0.3 is 5.97 Å². The van der Waals surface area contributed by atoms with Crippen molar-refractivity contribution in [2.24, 2.45) is 4.99 Å². The van der Waals surface area contributed by atoms with Gasteiger partial charge in [0.25, 0.3) is 0 Å². The molecule has 1 aliphatic rings. The van der Waals surface area contributed by atoms with Crippen molar-refractivity contribution in [3.05, 3.63) is 83.1 Å². The van der Waals surface area contributed by atoms with E-state index in [-0.39, 0.29) is 5.97 Å². The maximum absolute atomic E-state index is 12.2. The number of carbonyl (C=O) groups is 1. The molecule has 0 amide bonds. The number of nitrogens with zero attached hydrogens (tertiary/aromatic N) is 1. The van der Waals surface area contributed by atoms with Crippen molar-refractivity contribution in [3.8, 4) is 0 Å². The Kier molecular flexibility index (Phi) is 4.15. The van der Waals surface area contributed by atoms with E-state index >= 15 is 0 Å². The zero-order valence-electron chi connectivity index (χ0n) is 12.5. The zero-order chi connectivity index (χ0) is 15.4. The number of rotatable bonds is 4. The van der Waals surface area contributed by atoms with Crippen LogP contribution >= 0.6 is 0 Å². The molecule has 1 aliphatic heterocycles. The summed E-state index contributed by atoms with van der Waals surface area (Å²) in [5, 5.41) is 0. The summed E-state index contributed by atoms with van der Waals surface area (Å²) >= 11 is 0. The zero-order valence-corrected chi connectivity index (χ0v) is 12.5. The third-order valence-electron chi connectivity index (χ3n) is 3.64. The lowest BCUT2D eigenvalue weighted by molar-refractivity contribution is -0.130. The van der Waals surface area contributed by atoms with E-state index in [1.54, 1.807) is 0 Å². The summed E-state index contributed by atoms with van der Waals surface area (Å²) < 4.78 is 5.33. The lowest BCUT2D eigenvalue weighted by Gasteiger charge is -2.05. The van der Waals surface area contributed by atoms with Gasteiger partial charge in [0.2, 0.25) is 5.90 Å². The van der Waals surface area contributed by atoms with Crippen LogP contribution in [-0.4, -0.2) is 11.9 Å². The molecule has 0 unspecified atom stereocenters. The standard InChI is InChI=1S/C19H17NO2/c1-2-15(13-14-9-5-3-6-10-14)17-19(21)22-18(20-17)16-11-7-4-8-12-16/h3-12H,2,13H2,1H3. The van der Waals surface area contributed by atoms with E-state index < -0.39 is 0 Å². The second-order valence-electron chi connectivity index (χ2n) is 5.14. The van der Waals surface area contributed by atoms with Crippen molar-refractivity contribution in [1.82, 2.24) is 0 Å². The lowest BCUT2D eigenvalue weighted by Crippen LogP contribution is -2.06. The topological polar surface area (TPSA) is 38.7 Å². The SMILES string of the molecule is CCC(Cc1ccccc1)=C1N=C(c2ccccc2)OC1=O. The van der Waals surface area contributed by atoms with Crippen molar-refractivity contribution >= 4 is 11.9 Å². The van der Waals surface area contributed by atoms with Crippen LogP contribution in [0.15, 0.2) is 76.9 Å². The summed E-state index contributed by atoms with van der Waals surface area (Å²) in [6, 6.07) is 19.6. The Morgan fingerprint density at radius 1 is 1.00 bits per heavy atom. The van der Waals surface area contributed by atoms with Crippen LogP contribution in [0.2, 0.25) is 0 Å². The van der Waals surface area contributed by atoms with Crippen molar-refractivity contribution in [2.75, 3.05) is 0 Å². The largest absolute Gasteiger partial charge is 0.402 e. The van der Waals surface area contributed by atoms with Crippen LogP contribution in [0.4, 0.5) is 0 Å². The molecule has 0 fully saturated rings. The monoisotopic (exact) mass is 291 g/mol. The fourth-order valence-corrected chi connectivity index (χ4v) is 2.45. The molecular weight excluding hydrogens is 274 g/mol. The van der Waals surface area contributed by atoms with Gasteiger partial charge in [-0.05, 0) is 36.1 Å². The van der Waals surface area contributed by atoms with Gasteiger partial charge in [0.15, 0.2) is 5.70 Å². The van der Waals surface area contributed by atoms with Crippen LogP contribution in [0.25, 0.3) is 0 Å². The molecule has 0 spiro atoms. The van der Waals surface area contributed by atoms with Gasteiger partial charge in [-0.15, -0.1) is 0 Å². The first-order valence-electron chi connectivity index (χ1n) is 7.40. The Labute approximate surface area is 130 Å². The van der Waals surface area contributed by atoms with Crippen molar-refractivity contribution in [1.29, 1.82) is 0 Å². The number of hydrogen-bond donors (Lipinski definition) is 0. The normalized spacial score (nSPS) is 16.2. The van der Waals surface area contributed by atoms with Crippen LogP contribution in [-0.2, 0) is 16.0 Å². The van der Waals surface area contributed by atoms with Gasteiger partial charge in [0.05, 0.1) is 0 Å². The summed E-state index contributed by atoms with van der Waals surface area (Å²) in [5.41, 5.74) is 3.44. The highest BCUT2D eigenvalue weighted by Gasteiger charge is 2.26. The van der Waals surface area contributed by atoms with Crippen LogP contribution in [0.1, 0.15) is 24.5 Å². The molecule has 3 nitrogen and oxygen atoms in total. The van der Waals surface area contributed by atoms with Gasteiger partial charge in [0.1, 0.15) is 0 Å². The highest BCUT2D eigenvalue weighted by molar-refractivity contribution is 6.11. The van der Waals surface area contributed by atoms with Gasteiger partial charge < -0.3 is 4.74 Å². The molecule has 22 heavy (non-hydrogen) atoms. The molecule has 110 valence electrons. The predicted molar refractivity (Wildman–Crippen MR) is 86.5 cm³/mol. The number of benzene rings is 2. The number of esters is 1. The predicted octanol–water partition coefficient (Wildman–Crippen LogP) is 3.90. The van der Waals surface area contributed by atoms with Crippen molar-refractivity contribution < 1.29 is 9.53 Å². The lowest BCUT2D eigenvalue weighted by atomic mass is 10.0. The summed E-state index contributed by atoms with van der Waals surface area (Å²) in [6.45, 7) is 2.04. The van der Waals surface area contributed by atoms with E-state index in [0.29, 0.717) is 18.0 Å². The highest BCUT2D eigenvalue weighted by Crippen LogP contribution is 2.23. The third kappa shape index (κ3) is 2.98. The van der Waals surface area contributed by atoms with E-state index in [1.165, 1.54) is 5.56 Å². The van der Waals surface area contributed by atoms with Crippen LogP contribution in [0, 0.1) is 0 Å². The average Bonchev–Trinajstić information content (AvgIpc) is 2.96. The molecule has 3 heteroatoms. The number of allylic oxidation sites excluding steroid dienone is 1. The van der Waals surface area contributed by atoms with Crippen LogP contribution in [0.3, 0.4) is 0 Å². The Bertz CT molecular complexity index is 731. The van der Waals surface area contributed by atoms with Gasteiger partial charge in [-0.3, -0.25) is 0 Å². The highest BCUT2D eigenvalue weighted by atomic mass is 16.6. The molecule has 0 bridgehead atoms. The average molecular weight is 291 g/mol. The molecule has 0 aromatic heterocycles. The smallest absolute Gasteiger partial charge is 0.363 e. The van der Waals surface area contributed by atoms with Crippen LogP contribution < -0.4 is 0 Å². The molecule has 0 radical (unpaired) electrons. The Hall–Kier alpha value is -2.68. The minimum atomic E-state index is -0.355.